The first kappa shape index (κ1) is 26.6. The van der Waals surface area contributed by atoms with E-state index in [1.54, 1.807) is 26.1 Å². The van der Waals surface area contributed by atoms with Crippen LogP contribution in [0.25, 0.3) is 10.9 Å². The monoisotopic (exact) mass is 554 g/mol. The molecule has 0 aliphatic heterocycles. The van der Waals surface area contributed by atoms with Gasteiger partial charge in [0.2, 0.25) is 0 Å². The van der Waals surface area contributed by atoms with E-state index in [0.29, 0.717) is 27.1 Å². The van der Waals surface area contributed by atoms with Gasteiger partial charge in [0.05, 0.1) is 23.3 Å². The van der Waals surface area contributed by atoms with E-state index in [9.17, 15) is 0 Å². The van der Waals surface area contributed by atoms with Crippen molar-refractivity contribution in [1.29, 1.82) is 0 Å². The molecule has 5 nitrogen and oxygen atoms in total. The Bertz CT molecular complexity index is 1200. The van der Waals surface area contributed by atoms with Gasteiger partial charge in [-0.25, -0.2) is 19.3 Å². The maximum absolute atomic E-state index is 15.4. The largest absolute Gasteiger partial charge is 0.410 e. The molecule has 3 aromatic rings. The number of nitrogens with one attached hydrogen (secondary N) is 1. The van der Waals surface area contributed by atoms with Gasteiger partial charge in [0.1, 0.15) is 28.7 Å². The van der Waals surface area contributed by atoms with Crippen LogP contribution in [0.4, 0.5) is 19.0 Å². The molecule has 1 aromatic carbocycles. The van der Waals surface area contributed by atoms with E-state index >= 15 is 13.2 Å². The van der Waals surface area contributed by atoms with E-state index in [0.717, 1.165) is 6.07 Å². The molecule has 0 fully saturated rings. The van der Waals surface area contributed by atoms with E-state index in [1.165, 1.54) is 12.1 Å². The van der Waals surface area contributed by atoms with Crippen LogP contribution in [0, 0.1) is 12.7 Å². The van der Waals surface area contributed by atoms with E-state index in [4.69, 9.17) is 4.43 Å². The lowest BCUT2D eigenvalue weighted by Gasteiger charge is -2.37. The van der Waals surface area contributed by atoms with Crippen molar-refractivity contribution in [2.45, 2.75) is 64.7 Å². The van der Waals surface area contributed by atoms with Crippen LogP contribution in [0.3, 0.4) is 0 Å². The predicted octanol–water partition coefficient (Wildman–Crippen LogP) is 7.52. The van der Waals surface area contributed by atoms with Crippen molar-refractivity contribution in [1.82, 2.24) is 15.0 Å². The molecule has 10 heteroatoms. The van der Waals surface area contributed by atoms with Gasteiger partial charge in [-0.3, -0.25) is 0 Å². The molecular weight excluding hydrogens is 525 g/mol. The van der Waals surface area contributed by atoms with E-state index in [2.05, 4.69) is 36.2 Å². The van der Waals surface area contributed by atoms with Crippen LogP contribution in [-0.2, 0) is 10.3 Å². The second kappa shape index (κ2) is 9.54. The van der Waals surface area contributed by atoms with Crippen molar-refractivity contribution in [3.05, 3.63) is 57.8 Å². The zero-order valence-electron chi connectivity index (χ0n) is 20.4. The highest BCUT2D eigenvalue weighted by molar-refractivity contribution is 9.10. The number of alkyl halides is 2. The Kier molecular flexibility index (Phi) is 7.45. The predicted molar refractivity (Wildman–Crippen MR) is 135 cm³/mol. The smallest absolute Gasteiger partial charge is 0.297 e. The summed E-state index contributed by atoms with van der Waals surface area (Å²) in [5.41, 5.74) is 0.0593. The summed E-state index contributed by atoms with van der Waals surface area (Å²) in [6.07, 6.45) is 1.61. The van der Waals surface area contributed by atoms with Crippen LogP contribution in [0.5, 0.6) is 0 Å². The summed E-state index contributed by atoms with van der Waals surface area (Å²) >= 11 is 3.33. The zero-order chi connectivity index (χ0) is 25.5. The number of halogens is 4. The fourth-order valence-corrected chi connectivity index (χ4v) is 4.55. The quantitative estimate of drug-likeness (QED) is 0.241. The molecule has 0 radical (unpaired) electrons. The van der Waals surface area contributed by atoms with Crippen LogP contribution < -0.4 is 5.32 Å². The second-order valence-corrected chi connectivity index (χ2v) is 15.6. The van der Waals surface area contributed by atoms with Gasteiger partial charge in [-0.15, -0.1) is 0 Å². The number of hydrogen-bond donors (Lipinski definition) is 1. The first-order valence-electron chi connectivity index (χ1n) is 11.0. The summed E-state index contributed by atoms with van der Waals surface area (Å²) in [5.74, 6) is -3.44. The fourth-order valence-electron chi connectivity index (χ4n) is 3.25. The third-order valence-corrected chi connectivity index (χ3v) is 11.2. The highest BCUT2D eigenvalue weighted by atomic mass is 79.9. The second-order valence-electron chi connectivity index (χ2n) is 9.97. The molecule has 0 saturated heterocycles. The minimum absolute atomic E-state index is 0.113. The number of anilines is 1. The summed E-state index contributed by atoms with van der Waals surface area (Å²) in [6.45, 7) is 12.3. The van der Waals surface area contributed by atoms with E-state index in [-0.39, 0.29) is 10.6 Å². The highest BCUT2D eigenvalue weighted by Crippen LogP contribution is 2.40. The van der Waals surface area contributed by atoms with Crippen LogP contribution in [0.1, 0.15) is 50.7 Å². The van der Waals surface area contributed by atoms with Gasteiger partial charge < -0.3 is 9.74 Å². The molecular formula is C24H30BrF3N4OSi. The lowest BCUT2D eigenvalue weighted by Crippen LogP contribution is -2.43. The van der Waals surface area contributed by atoms with Gasteiger partial charge in [0, 0.05) is 10.9 Å². The maximum atomic E-state index is 15.4. The van der Waals surface area contributed by atoms with Crippen molar-refractivity contribution in [2.75, 3.05) is 11.9 Å². The first-order valence-corrected chi connectivity index (χ1v) is 14.7. The van der Waals surface area contributed by atoms with Crippen molar-refractivity contribution in [3.63, 3.8) is 0 Å². The molecule has 3 rings (SSSR count). The molecule has 0 aliphatic carbocycles. The number of aryl methyl sites for hydroxylation is 1. The van der Waals surface area contributed by atoms with E-state index in [1.807, 2.05) is 33.9 Å². The Labute approximate surface area is 207 Å². The van der Waals surface area contributed by atoms with Crippen LogP contribution >= 0.6 is 15.9 Å². The highest BCUT2D eigenvalue weighted by Gasteiger charge is 2.43. The molecule has 0 amide bonds. The molecule has 0 aliphatic rings. The number of rotatable bonds is 7. The summed E-state index contributed by atoms with van der Waals surface area (Å²) in [6, 6.07) is 5.17. The topological polar surface area (TPSA) is 59.9 Å². The Hall–Kier alpha value is -2.04. The molecule has 1 atom stereocenters. The molecule has 0 saturated carbocycles. The van der Waals surface area contributed by atoms with Crippen molar-refractivity contribution in [3.8, 4) is 0 Å². The van der Waals surface area contributed by atoms with Gasteiger partial charge in [0.15, 0.2) is 8.32 Å². The Morgan fingerprint density at radius 2 is 1.85 bits per heavy atom. The fraction of sp³-hybridized carbons (Fsp3) is 0.458. The number of benzene rings is 1. The Balaban J connectivity index is 1.90. The van der Waals surface area contributed by atoms with Crippen LogP contribution in [0.2, 0.25) is 18.1 Å². The number of nitrogens with zero attached hydrogens (tertiary/aromatic N) is 3. The van der Waals surface area contributed by atoms with E-state index < -0.39 is 38.3 Å². The average Bonchev–Trinajstić information content (AvgIpc) is 2.72. The molecule has 0 spiro atoms. The normalized spacial score (nSPS) is 13.9. The first-order chi connectivity index (χ1) is 15.6. The molecule has 1 unspecified atom stereocenters. The summed E-state index contributed by atoms with van der Waals surface area (Å²) in [4.78, 5) is 13.0. The number of pyridine rings is 1. The summed E-state index contributed by atoms with van der Waals surface area (Å²) in [5, 5.41) is 3.61. The van der Waals surface area contributed by atoms with Gasteiger partial charge in [-0.1, -0.05) is 32.9 Å². The Morgan fingerprint density at radius 1 is 1.18 bits per heavy atom. The number of aromatic nitrogens is 3. The lowest BCUT2D eigenvalue weighted by atomic mass is 10.00. The molecule has 34 heavy (non-hydrogen) atoms. The third-order valence-electron chi connectivity index (χ3n) is 6.32. The molecule has 2 aromatic heterocycles. The minimum Gasteiger partial charge on any atom is -0.410 e. The van der Waals surface area contributed by atoms with Gasteiger partial charge >= 0.3 is 0 Å². The molecule has 0 bridgehead atoms. The summed E-state index contributed by atoms with van der Waals surface area (Å²) in [7, 11) is -2.43. The number of hydrogen-bond acceptors (Lipinski definition) is 5. The number of fused-ring (bicyclic) bond motifs is 1. The Morgan fingerprint density at radius 3 is 2.50 bits per heavy atom. The van der Waals surface area contributed by atoms with Crippen molar-refractivity contribution < 1.29 is 17.6 Å². The zero-order valence-corrected chi connectivity index (χ0v) is 23.0. The van der Waals surface area contributed by atoms with Gasteiger partial charge in [0.25, 0.3) is 5.92 Å². The van der Waals surface area contributed by atoms with Crippen LogP contribution in [0.15, 0.2) is 35.1 Å². The minimum atomic E-state index is -3.47. The van der Waals surface area contributed by atoms with Gasteiger partial charge in [-0.05, 0) is 60.0 Å². The molecule has 184 valence electrons. The van der Waals surface area contributed by atoms with Crippen molar-refractivity contribution >= 4 is 41.0 Å². The maximum Gasteiger partial charge on any atom is 0.297 e. The standard InChI is InChI=1S/C24H30BrF3N4OSi/c1-14(30-22-17-11-20(25)29-12-19(17)31-15(2)32-22)16-9-8-10-18(21(16)26)24(27,28)13-33-34(6,7)23(3,4)5/h8-12,14H,13H2,1-7H3,(H,30,31,32). The third kappa shape index (κ3) is 5.60. The molecule has 1 N–H and O–H groups in total. The lowest BCUT2D eigenvalue weighted by molar-refractivity contribution is -0.0536. The van der Waals surface area contributed by atoms with Crippen LogP contribution in [-0.4, -0.2) is 29.9 Å². The SMILES string of the molecule is Cc1nc(NC(C)c2cccc(C(F)(F)CO[Si](C)(C)C(C)(C)C)c2F)c2cc(Br)ncc2n1. The summed E-state index contributed by atoms with van der Waals surface area (Å²) < 4.78 is 52.0. The molecule has 2 heterocycles. The average molecular weight is 556 g/mol. The van der Waals surface area contributed by atoms with Gasteiger partial charge in [-0.2, -0.15) is 8.78 Å². The van der Waals surface area contributed by atoms with Crippen molar-refractivity contribution in [2.24, 2.45) is 0 Å².